The maximum atomic E-state index is 13.0. The van der Waals surface area contributed by atoms with Gasteiger partial charge in [0.05, 0.1) is 6.20 Å². The number of aryl methyl sites for hydroxylation is 1. The summed E-state index contributed by atoms with van der Waals surface area (Å²) in [6.07, 6.45) is 2.43. The fourth-order valence-electron chi connectivity index (χ4n) is 1.69. The third-order valence-corrected chi connectivity index (χ3v) is 2.60. The van der Waals surface area contributed by atoms with Crippen molar-refractivity contribution < 1.29 is 8.81 Å². The largest absolute Gasteiger partial charge is 0.441 e. The van der Waals surface area contributed by atoms with E-state index in [1.165, 1.54) is 12.1 Å². The first-order chi connectivity index (χ1) is 8.20. The Labute approximate surface area is 99.7 Å². The molecule has 0 atom stereocenters. The van der Waals surface area contributed by atoms with E-state index in [4.69, 9.17) is 4.42 Å². The minimum absolute atomic E-state index is 0.235. The third-order valence-electron chi connectivity index (χ3n) is 2.60. The summed E-state index contributed by atoms with van der Waals surface area (Å²) in [7, 11) is 1.88. The van der Waals surface area contributed by atoms with Crippen molar-refractivity contribution >= 4 is 0 Å². The number of benzene rings is 1. The van der Waals surface area contributed by atoms with Gasteiger partial charge < -0.3 is 9.73 Å². The molecule has 90 valence electrons. The number of hydrogen-bond donors (Lipinski definition) is 1. The van der Waals surface area contributed by atoms with Gasteiger partial charge in [-0.3, -0.25) is 0 Å². The number of nitrogens with one attached hydrogen (secondary N) is 1. The number of aromatic nitrogens is 1. The van der Waals surface area contributed by atoms with Crippen LogP contribution in [0, 0.1) is 12.7 Å². The van der Waals surface area contributed by atoms with Crippen LogP contribution in [0.1, 0.15) is 11.5 Å². The molecule has 0 spiro atoms. The zero-order valence-electron chi connectivity index (χ0n) is 9.96. The van der Waals surface area contributed by atoms with Gasteiger partial charge in [-0.2, -0.15) is 0 Å². The maximum absolute atomic E-state index is 13.0. The van der Waals surface area contributed by atoms with Crippen molar-refractivity contribution in [3.8, 4) is 11.3 Å². The first-order valence-electron chi connectivity index (χ1n) is 5.56. The van der Waals surface area contributed by atoms with Gasteiger partial charge in [0.25, 0.3) is 0 Å². The summed E-state index contributed by atoms with van der Waals surface area (Å²) in [5.74, 6) is 1.15. The van der Waals surface area contributed by atoms with E-state index < -0.39 is 0 Å². The van der Waals surface area contributed by atoms with Gasteiger partial charge in [-0.25, -0.2) is 9.37 Å². The topological polar surface area (TPSA) is 38.1 Å². The van der Waals surface area contributed by atoms with Crippen molar-refractivity contribution in [1.82, 2.24) is 10.3 Å². The van der Waals surface area contributed by atoms with Gasteiger partial charge >= 0.3 is 0 Å². The van der Waals surface area contributed by atoms with Crippen LogP contribution in [-0.4, -0.2) is 18.6 Å². The zero-order valence-corrected chi connectivity index (χ0v) is 9.96. The minimum Gasteiger partial charge on any atom is -0.441 e. The van der Waals surface area contributed by atoms with E-state index in [-0.39, 0.29) is 5.82 Å². The average Bonchev–Trinajstić information content (AvgIpc) is 2.75. The summed E-state index contributed by atoms with van der Waals surface area (Å²) >= 11 is 0. The van der Waals surface area contributed by atoms with Gasteiger partial charge in [0, 0.05) is 18.5 Å². The smallest absolute Gasteiger partial charge is 0.196 e. The molecule has 1 aromatic heterocycles. The lowest BCUT2D eigenvalue weighted by Crippen LogP contribution is -2.10. The van der Waals surface area contributed by atoms with E-state index in [2.05, 4.69) is 10.3 Å². The fourth-order valence-corrected chi connectivity index (χ4v) is 1.69. The highest BCUT2D eigenvalue weighted by Gasteiger charge is 2.09. The van der Waals surface area contributed by atoms with Crippen molar-refractivity contribution in [2.75, 3.05) is 13.6 Å². The molecular formula is C13H15FN2O. The highest BCUT2D eigenvalue weighted by molar-refractivity contribution is 5.60. The first-order valence-corrected chi connectivity index (χ1v) is 5.56. The Balaban J connectivity index is 2.24. The van der Waals surface area contributed by atoms with Crippen molar-refractivity contribution in [3.63, 3.8) is 0 Å². The molecule has 1 N–H and O–H groups in total. The number of oxazole rings is 1. The molecule has 1 aromatic carbocycles. The van der Waals surface area contributed by atoms with E-state index in [9.17, 15) is 4.39 Å². The summed E-state index contributed by atoms with van der Waals surface area (Å²) in [5, 5.41) is 3.03. The second kappa shape index (κ2) is 5.10. The molecule has 4 heteroatoms. The third kappa shape index (κ3) is 2.71. The van der Waals surface area contributed by atoms with Crippen LogP contribution in [0.4, 0.5) is 4.39 Å². The lowest BCUT2D eigenvalue weighted by atomic mass is 10.1. The van der Waals surface area contributed by atoms with Crippen LogP contribution in [0.15, 0.2) is 28.8 Å². The molecule has 17 heavy (non-hydrogen) atoms. The number of halogens is 1. The molecule has 0 aliphatic carbocycles. The molecule has 2 rings (SSSR count). The van der Waals surface area contributed by atoms with Gasteiger partial charge in [-0.15, -0.1) is 0 Å². The van der Waals surface area contributed by atoms with Crippen LogP contribution in [-0.2, 0) is 6.42 Å². The van der Waals surface area contributed by atoms with Crippen LogP contribution >= 0.6 is 0 Å². The summed E-state index contributed by atoms with van der Waals surface area (Å²) in [6.45, 7) is 2.68. The molecule has 3 nitrogen and oxygen atoms in total. The lowest BCUT2D eigenvalue weighted by Gasteiger charge is -2.01. The van der Waals surface area contributed by atoms with Gasteiger partial charge in [-0.05, 0) is 37.7 Å². The molecule has 0 radical (unpaired) electrons. The van der Waals surface area contributed by atoms with Gasteiger partial charge in [0.15, 0.2) is 11.7 Å². The number of hydrogen-bond acceptors (Lipinski definition) is 3. The minimum atomic E-state index is -0.235. The Hall–Kier alpha value is -1.68. The van der Waals surface area contributed by atoms with E-state index >= 15 is 0 Å². The molecule has 0 saturated heterocycles. The summed E-state index contributed by atoms with van der Waals surface area (Å²) in [4.78, 5) is 4.19. The molecule has 0 fully saturated rings. The van der Waals surface area contributed by atoms with Crippen LogP contribution in [0.3, 0.4) is 0 Å². The Bertz CT molecular complexity index is 508. The Kier molecular flexibility index (Phi) is 3.54. The van der Waals surface area contributed by atoms with E-state index in [0.717, 1.165) is 24.1 Å². The van der Waals surface area contributed by atoms with Crippen LogP contribution in [0.2, 0.25) is 0 Å². The van der Waals surface area contributed by atoms with Gasteiger partial charge in [-0.1, -0.05) is 0 Å². The molecule has 2 aromatic rings. The first kappa shape index (κ1) is 11.8. The summed E-state index contributed by atoms with van der Waals surface area (Å²) < 4.78 is 18.6. The SMILES string of the molecule is CNCCc1ncc(-c2ccc(F)cc2C)o1. The number of nitrogens with zero attached hydrogens (tertiary/aromatic N) is 1. The van der Waals surface area contributed by atoms with E-state index in [0.29, 0.717) is 11.7 Å². The highest BCUT2D eigenvalue weighted by atomic mass is 19.1. The molecule has 0 aliphatic heterocycles. The van der Waals surface area contributed by atoms with Crippen molar-refractivity contribution in [2.45, 2.75) is 13.3 Å². The zero-order chi connectivity index (χ0) is 12.3. The Morgan fingerprint density at radius 2 is 2.24 bits per heavy atom. The lowest BCUT2D eigenvalue weighted by molar-refractivity contribution is 0.500. The fraction of sp³-hybridized carbons (Fsp3) is 0.308. The maximum Gasteiger partial charge on any atom is 0.196 e. The van der Waals surface area contributed by atoms with Gasteiger partial charge in [0.1, 0.15) is 5.82 Å². The molecule has 0 amide bonds. The predicted molar refractivity (Wildman–Crippen MR) is 64.3 cm³/mol. The second-order valence-electron chi connectivity index (χ2n) is 3.93. The molecule has 0 bridgehead atoms. The quantitative estimate of drug-likeness (QED) is 0.883. The monoisotopic (exact) mass is 234 g/mol. The van der Waals surface area contributed by atoms with Crippen molar-refractivity contribution in [2.24, 2.45) is 0 Å². The molecule has 0 unspecified atom stereocenters. The highest BCUT2D eigenvalue weighted by Crippen LogP contribution is 2.24. The van der Waals surface area contributed by atoms with Crippen LogP contribution in [0.5, 0.6) is 0 Å². The Morgan fingerprint density at radius 1 is 1.41 bits per heavy atom. The summed E-state index contributed by atoms with van der Waals surface area (Å²) in [5.41, 5.74) is 1.73. The molecule has 0 aliphatic rings. The number of rotatable bonds is 4. The predicted octanol–water partition coefficient (Wildman–Crippen LogP) is 2.55. The molecule has 1 heterocycles. The van der Waals surface area contributed by atoms with Gasteiger partial charge in [0.2, 0.25) is 0 Å². The molecular weight excluding hydrogens is 219 g/mol. The van der Waals surface area contributed by atoms with E-state index in [1.54, 1.807) is 12.3 Å². The average molecular weight is 234 g/mol. The van der Waals surface area contributed by atoms with Crippen LogP contribution in [0.25, 0.3) is 11.3 Å². The van der Waals surface area contributed by atoms with Crippen molar-refractivity contribution in [1.29, 1.82) is 0 Å². The summed E-state index contributed by atoms with van der Waals surface area (Å²) in [6, 6.07) is 4.64. The van der Waals surface area contributed by atoms with Crippen LogP contribution < -0.4 is 5.32 Å². The van der Waals surface area contributed by atoms with E-state index in [1.807, 2.05) is 14.0 Å². The normalized spacial score (nSPS) is 10.8. The van der Waals surface area contributed by atoms with Crippen molar-refractivity contribution in [3.05, 3.63) is 41.7 Å². The standard InChI is InChI=1S/C13H15FN2O/c1-9-7-10(14)3-4-11(9)12-8-16-13(17-12)5-6-15-2/h3-4,7-8,15H,5-6H2,1-2H3. The molecule has 0 saturated carbocycles. The Morgan fingerprint density at radius 3 is 2.94 bits per heavy atom. The number of likely N-dealkylation sites (N-methyl/N-ethyl adjacent to an activating group) is 1. The second-order valence-corrected chi connectivity index (χ2v) is 3.93.